The largest absolute Gasteiger partial charge is 0.459 e. The number of rotatable bonds is 7. The van der Waals surface area contributed by atoms with Gasteiger partial charge in [-0.2, -0.15) is 0 Å². The van der Waals surface area contributed by atoms with Gasteiger partial charge in [0.25, 0.3) is 0 Å². The predicted octanol–water partition coefficient (Wildman–Crippen LogP) is -1.83. The predicted molar refractivity (Wildman–Crippen MR) is 67.4 cm³/mol. The molecule has 0 bridgehead atoms. The number of carbonyl (C=O) groups excluding carboxylic acids is 1. The first-order chi connectivity index (χ1) is 9.47. The quantitative estimate of drug-likeness (QED) is 0.373. The zero-order valence-corrected chi connectivity index (χ0v) is 10.7. The van der Waals surface area contributed by atoms with Crippen LogP contribution in [0.5, 0.6) is 0 Å². The molecule has 0 radical (unpaired) electrons. The minimum absolute atomic E-state index is 0.0951. The van der Waals surface area contributed by atoms with Gasteiger partial charge in [0.1, 0.15) is 24.9 Å². The van der Waals surface area contributed by atoms with Crippen LogP contribution in [-0.2, 0) is 16.1 Å². The molecular weight excluding hydrogens is 268 g/mol. The summed E-state index contributed by atoms with van der Waals surface area (Å²) in [5.74, 6) is -1.13. The third-order valence-electron chi connectivity index (χ3n) is 2.72. The highest BCUT2D eigenvalue weighted by molar-refractivity contribution is 5.75. The van der Waals surface area contributed by atoms with Crippen LogP contribution in [0.25, 0.3) is 0 Å². The van der Waals surface area contributed by atoms with Crippen LogP contribution >= 0.6 is 0 Å². The average molecular weight is 286 g/mol. The molecule has 20 heavy (non-hydrogen) atoms. The smallest absolute Gasteiger partial charge is 0.338 e. The summed E-state index contributed by atoms with van der Waals surface area (Å²) >= 11 is 0. The van der Waals surface area contributed by atoms with E-state index < -0.39 is 37.0 Å². The van der Waals surface area contributed by atoms with E-state index in [1.54, 1.807) is 30.3 Å². The molecule has 4 atom stereocenters. The highest BCUT2D eigenvalue weighted by Crippen LogP contribution is 2.08. The first-order valence-corrected chi connectivity index (χ1v) is 6.01. The van der Waals surface area contributed by atoms with Crippen LogP contribution in [0.1, 0.15) is 5.56 Å². The lowest BCUT2D eigenvalue weighted by atomic mass is 10.0. The van der Waals surface area contributed by atoms with Gasteiger partial charge in [0.15, 0.2) is 6.10 Å². The summed E-state index contributed by atoms with van der Waals surface area (Å²) in [7, 11) is 0. The van der Waals surface area contributed by atoms with Gasteiger partial charge in [-0.25, -0.2) is 4.79 Å². The Hall–Kier alpha value is -1.51. The van der Waals surface area contributed by atoms with Gasteiger partial charge >= 0.3 is 5.97 Å². The van der Waals surface area contributed by atoms with Gasteiger partial charge in [-0.05, 0) is 5.56 Å². The fraction of sp³-hybridized carbons (Fsp3) is 0.462. The molecule has 0 spiro atoms. The molecule has 0 saturated carbocycles. The normalized spacial score (nSPS) is 17.1. The van der Waals surface area contributed by atoms with Crippen molar-refractivity contribution in [3.05, 3.63) is 35.9 Å². The second-order valence-corrected chi connectivity index (χ2v) is 4.27. The molecule has 5 N–H and O–H groups in total. The van der Waals surface area contributed by atoms with Crippen LogP contribution in [0.2, 0.25) is 0 Å². The summed E-state index contributed by atoms with van der Waals surface area (Å²) in [6.07, 6.45) is -7.50. The molecule has 0 amide bonds. The Balaban J connectivity index is 2.50. The molecule has 0 saturated heterocycles. The van der Waals surface area contributed by atoms with Crippen LogP contribution in [0, 0.1) is 0 Å². The number of hydrogen-bond acceptors (Lipinski definition) is 7. The fourth-order valence-electron chi connectivity index (χ4n) is 1.48. The SMILES string of the molecule is O=C(OCc1ccccc1)C(O)C(O)C(O)C(O)CO. The van der Waals surface area contributed by atoms with Gasteiger partial charge in [0.2, 0.25) is 0 Å². The lowest BCUT2D eigenvalue weighted by molar-refractivity contribution is -0.171. The highest BCUT2D eigenvalue weighted by atomic mass is 16.5. The van der Waals surface area contributed by atoms with E-state index in [2.05, 4.69) is 0 Å². The third-order valence-corrected chi connectivity index (χ3v) is 2.72. The molecule has 0 aliphatic rings. The molecule has 1 rings (SSSR count). The van der Waals surface area contributed by atoms with Crippen LogP contribution in [-0.4, -0.2) is 62.5 Å². The highest BCUT2D eigenvalue weighted by Gasteiger charge is 2.35. The van der Waals surface area contributed by atoms with Gasteiger partial charge in [-0.3, -0.25) is 0 Å². The second-order valence-electron chi connectivity index (χ2n) is 4.27. The number of hydrogen-bond donors (Lipinski definition) is 5. The van der Waals surface area contributed by atoms with Crippen LogP contribution in [0.3, 0.4) is 0 Å². The molecule has 112 valence electrons. The van der Waals surface area contributed by atoms with Crippen LogP contribution in [0.15, 0.2) is 30.3 Å². The van der Waals surface area contributed by atoms with Gasteiger partial charge in [-0.15, -0.1) is 0 Å². The summed E-state index contributed by atoms with van der Waals surface area (Å²) in [5.41, 5.74) is 0.693. The topological polar surface area (TPSA) is 127 Å². The van der Waals surface area contributed by atoms with Crippen molar-refractivity contribution in [3.8, 4) is 0 Å². The van der Waals surface area contributed by atoms with E-state index in [-0.39, 0.29) is 6.61 Å². The molecule has 0 aromatic heterocycles. The Morgan fingerprint density at radius 2 is 1.65 bits per heavy atom. The number of esters is 1. The lowest BCUT2D eigenvalue weighted by Crippen LogP contribution is -2.49. The summed E-state index contributed by atoms with van der Waals surface area (Å²) in [4.78, 5) is 11.5. The monoisotopic (exact) mass is 286 g/mol. The van der Waals surface area contributed by atoms with Crippen molar-refractivity contribution in [2.75, 3.05) is 6.61 Å². The van der Waals surface area contributed by atoms with E-state index in [9.17, 15) is 20.1 Å². The van der Waals surface area contributed by atoms with E-state index in [1.807, 2.05) is 0 Å². The summed E-state index contributed by atoms with van der Waals surface area (Å²) < 4.78 is 4.77. The summed E-state index contributed by atoms with van der Waals surface area (Å²) in [6.45, 7) is -0.911. The number of aliphatic hydroxyl groups is 5. The first kappa shape index (κ1) is 16.5. The molecular formula is C13H18O7. The van der Waals surface area contributed by atoms with Crippen molar-refractivity contribution >= 4 is 5.97 Å². The molecule has 4 unspecified atom stereocenters. The maximum atomic E-state index is 11.5. The van der Waals surface area contributed by atoms with Crippen LogP contribution < -0.4 is 0 Å². The Bertz CT molecular complexity index is 408. The maximum Gasteiger partial charge on any atom is 0.338 e. The van der Waals surface area contributed by atoms with E-state index in [4.69, 9.17) is 14.9 Å². The Kier molecular flexibility index (Phi) is 6.56. The standard InChI is InChI=1S/C13H18O7/c14-6-9(15)10(16)11(17)12(18)13(19)20-7-8-4-2-1-3-5-8/h1-5,9-12,14-18H,6-7H2. The van der Waals surface area contributed by atoms with Crippen molar-refractivity contribution in [1.29, 1.82) is 0 Å². The van der Waals surface area contributed by atoms with Crippen molar-refractivity contribution < 1.29 is 35.1 Å². The number of aliphatic hydroxyl groups excluding tert-OH is 5. The van der Waals surface area contributed by atoms with Crippen molar-refractivity contribution in [2.45, 2.75) is 31.0 Å². The van der Waals surface area contributed by atoms with Gasteiger partial charge < -0.3 is 30.3 Å². The van der Waals surface area contributed by atoms with E-state index in [1.165, 1.54) is 0 Å². The minimum atomic E-state index is -2.02. The number of ether oxygens (including phenoxy) is 1. The summed E-state index contributed by atoms with van der Waals surface area (Å²) in [6, 6.07) is 8.70. The lowest BCUT2D eigenvalue weighted by Gasteiger charge is -2.24. The van der Waals surface area contributed by atoms with Crippen LogP contribution in [0.4, 0.5) is 0 Å². The van der Waals surface area contributed by atoms with E-state index >= 15 is 0 Å². The molecule has 7 nitrogen and oxygen atoms in total. The Labute approximate surface area is 115 Å². The number of benzene rings is 1. The molecule has 1 aromatic carbocycles. The maximum absolute atomic E-state index is 11.5. The zero-order chi connectivity index (χ0) is 15.1. The van der Waals surface area contributed by atoms with Crippen molar-refractivity contribution in [3.63, 3.8) is 0 Å². The van der Waals surface area contributed by atoms with Crippen molar-refractivity contribution in [1.82, 2.24) is 0 Å². The molecule has 7 heteroatoms. The second kappa shape index (κ2) is 7.93. The van der Waals surface area contributed by atoms with E-state index in [0.717, 1.165) is 0 Å². The Morgan fingerprint density at radius 3 is 2.20 bits per heavy atom. The molecule has 0 heterocycles. The number of carbonyl (C=O) groups is 1. The third kappa shape index (κ3) is 4.55. The van der Waals surface area contributed by atoms with Gasteiger partial charge in [0.05, 0.1) is 6.61 Å². The molecule has 0 aliphatic carbocycles. The Morgan fingerprint density at radius 1 is 1.05 bits per heavy atom. The van der Waals surface area contributed by atoms with Gasteiger partial charge in [0, 0.05) is 0 Å². The molecule has 1 aromatic rings. The fourth-order valence-corrected chi connectivity index (χ4v) is 1.48. The van der Waals surface area contributed by atoms with Crippen molar-refractivity contribution in [2.24, 2.45) is 0 Å². The minimum Gasteiger partial charge on any atom is -0.459 e. The molecule has 0 aliphatic heterocycles. The molecule has 0 fully saturated rings. The average Bonchev–Trinajstić information content (AvgIpc) is 2.50. The zero-order valence-electron chi connectivity index (χ0n) is 10.7. The summed E-state index contributed by atoms with van der Waals surface area (Å²) in [5, 5.41) is 46.1. The van der Waals surface area contributed by atoms with E-state index in [0.29, 0.717) is 5.56 Å². The first-order valence-electron chi connectivity index (χ1n) is 6.01. The van der Waals surface area contributed by atoms with Gasteiger partial charge in [-0.1, -0.05) is 30.3 Å².